The molecule has 1 atom stereocenters. The first-order chi connectivity index (χ1) is 10.6. The van der Waals surface area contributed by atoms with Crippen molar-refractivity contribution in [3.05, 3.63) is 70.9 Å². The van der Waals surface area contributed by atoms with Crippen molar-refractivity contribution >= 4 is 11.6 Å². The van der Waals surface area contributed by atoms with Crippen LogP contribution in [0.15, 0.2) is 52.9 Å². The van der Waals surface area contributed by atoms with Gasteiger partial charge in [-0.15, -0.1) is 10.2 Å². The molecule has 0 radical (unpaired) electrons. The average Bonchev–Trinajstić information content (AvgIpc) is 2.93. The summed E-state index contributed by atoms with van der Waals surface area (Å²) in [4.78, 5) is 0. The fourth-order valence-corrected chi connectivity index (χ4v) is 2.56. The molecule has 1 unspecified atom stereocenters. The van der Waals surface area contributed by atoms with Crippen molar-refractivity contribution in [2.45, 2.75) is 19.4 Å². The summed E-state index contributed by atoms with van der Waals surface area (Å²) in [6.45, 7) is 1.72. The highest BCUT2D eigenvalue weighted by atomic mass is 35.5. The van der Waals surface area contributed by atoms with Crippen LogP contribution in [0.1, 0.15) is 23.4 Å². The molecule has 1 aromatic heterocycles. The maximum absolute atomic E-state index is 10.4. The monoisotopic (exact) mass is 314 g/mol. The summed E-state index contributed by atoms with van der Waals surface area (Å²) < 4.78 is 5.31. The second kappa shape index (κ2) is 6.30. The third kappa shape index (κ3) is 3.18. The number of aliphatic hydroxyl groups excluding tert-OH is 1. The van der Waals surface area contributed by atoms with Crippen LogP contribution in [-0.4, -0.2) is 15.3 Å². The fourth-order valence-electron chi connectivity index (χ4n) is 2.31. The van der Waals surface area contributed by atoms with Crippen molar-refractivity contribution in [1.29, 1.82) is 0 Å². The van der Waals surface area contributed by atoms with Crippen LogP contribution in [0.3, 0.4) is 0 Å². The molecular weight excluding hydrogens is 300 g/mol. The molecule has 0 saturated heterocycles. The number of hydrogen-bond acceptors (Lipinski definition) is 4. The third-order valence-corrected chi connectivity index (χ3v) is 3.72. The molecule has 22 heavy (non-hydrogen) atoms. The Morgan fingerprint density at radius 3 is 2.68 bits per heavy atom. The van der Waals surface area contributed by atoms with Gasteiger partial charge in [0.1, 0.15) is 0 Å². The number of nitrogens with zero attached hydrogens (tertiary/aromatic N) is 2. The highest BCUT2D eigenvalue weighted by Gasteiger charge is 2.14. The molecule has 112 valence electrons. The summed E-state index contributed by atoms with van der Waals surface area (Å²) in [6, 6.07) is 15.3. The molecule has 3 aromatic rings. The summed E-state index contributed by atoms with van der Waals surface area (Å²) in [5, 5.41) is 18.7. The van der Waals surface area contributed by atoms with E-state index in [0.29, 0.717) is 16.8 Å². The molecule has 0 aliphatic carbocycles. The van der Waals surface area contributed by atoms with E-state index >= 15 is 0 Å². The van der Waals surface area contributed by atoms with Crippen LogP contribution in [0.2, 0.25) is 5.02 Å². The van der Waals surface area contributed by atoms with Crippen LogP contribution >= 0.6 is 11.6 Å². The minimum absolute atomic E-state index is 0.285. The zero-order valence-corrected chi connectivity index (χ0v) is 12.8. The summed E-state index contributed by atoms with van der Waals surface area (Å²) in [7, 11) is 0. The molecule has 0 fully saturated rings. The molecule has 0 bridgehead atoms. The van der Waals surface area contributed by atoms with Gasteiger partial charge in [0.25, 0.3) is 0 Å². The van der Waals surface area contributed by atoms with Gasteiger partial charge in [-0.25, -0.2) is 0 Å². The molecule has 1 heterocycles. The number of rotatable bonds is 4. The molecule has 0 saturated carbocycles. The quantitative estimate of drug-likeness (QED) is 0.791. The summed E-state index contributed by atoms with van der Waals surface area (Å²) in [5.74, 6) is 0.917. The standard InChI is InChI=1S/C17H15ClN2O2/c1-11-19-20-17(22-11)10-16(21)13-6-4-5-12(9-13)14-7-2-3-8-15(14)18/h2-9,16,21H,10H2,1H3. The van der Waals surface area contributed by atoms with Gasteiger partial charge in [-0.2, -0.15) is 0 Å². The first-order valence-electron chi connectivity index (χ1n) is 6.95. The minimum Gasteiger partial charge on any atom is -0.425 e. The predicted molar refractivity (Wildman–Crippen MR) is 84.6 cm³/mol. The molecular formula is C17H15ClN2O2. The lowest BCUT2D eigenvalue weighted by Gasteiger charge is -2.11. The smallest absolute Gasteiger partial charge is 0.219 e. The Bertz CT molecular complexity index is 786. The number of benzene rings is 2. The lowest BCUT2D eigenvalue weighted by molar-refractivity contribution is 0.168. The van der Waals surface area contributed by atoms with Crippen LogP contribution in [0, 0.1) is 6.92 Å². The number of aromatic nitrogens is 2. The van der Waals surface area contributed by atoms with Gasteiger partial charge in [0.15, 0.2) is 0 Å². The summed E-state index contributed by atoms with van der Waals surface area (Å²) >= 11 is 6.23. The van der Waals surface area contributed by atoms with E-state index in [4.69, 9.17) is 16.0 Å². The van der Waals surface area contributed by atoms with Crippen molar-refractivity contribution in [3.63, 3.8) is 0 Å². The third-order valence-electron chi connectivity index (χ3n) is 3.39. The predicted octanol–water partition coefficient (Wildman–Crippen LogP) is 3.97. The van der Waals surface area contributed by atoms with E-state index in [9.17, 15) is 5.11 Å². The number of aryl methyl sites for hydroxylation is 1. The fraction of sp³-hybridized carbons (Fsp3) is 0.176. The van der Waals surface area contributed by atoms with Gasteiger partial charge < -0.3 is 9.52 Å². The Morgan fingerprint density at radius 1 is 1.14 bits per heavy atom. The Labute approximate surface area is 133 Å². The topological polar surface area (TPSA) is 59.2 Å². The second-order valence-electron chi connectivity index (χ2n) is 5.04. The minimum atomic E-state index is -0.706. The molecule has 4 nitrogen and oxygen atoms in total. The van der Waals surface area contributed by atoms with Gasteiger partial charge in [-0.1, -0.05) is 48.0 Å². The number of aliphatic hydroxyl groups is 1. The molecule has 1 N–H and O–H groups in total. The molecule has 0 amide bonds. The second-order valence-corrected chi connectivity index (χ2v) is 5.45. The van der Waals surface area contributed by atoms with Crippen molar-refractivity contribution in [2.24, 2.45) is 0 Å². The van der Waals surface area contributed by atoms with Crippen molar-refractivity contribution in [2.75, 3.05) is 0 Å². The van der Waals surface area contributed by atoms with E-state index in [1.54, 1.807) is 6.92 Å². The van der Waals surface area contributed by atoms with Gasteiger partial charge in [0.05, 0.1) is 12.5 Å². The maximum atomic E-state index is 10.4. The van der Waals surface area contributed by atoms with E-state index in [0.717, 1.165) is 16.7 Å². The lowest BCUT2D eigenvalue weighted by Crippen LogP contribution is -2.02. The van der Waals surface area contributed by atoms with E-state index in [-0.39, 0.29) is 6.42 Å². The Hall–Kier alpha value is -2.17. The highest BCUT2D eigenvalue weighted by molar-refractivity contribution is 6.33. The van der Waals surface area contributed by atoms with Gasteiger partial charge in [0.2, 0.25) is 11.8 Å². The van der Waals surface area contributed by atoms with Crippen molar-refractivity contribution in [1.82, 2.24) is 10.2 Å². The summed E-state index contributed by atoms with van der Waals surface area (Å²) in [5.41, 5.74) is 2.68. The zero-order valence-electron chi connectivity index (χ0n) is 12.0. The molecule has 5 heteroatoms. The lowest BCUT2D eigenvalue weighted by atomic mass is 9.99. The van der Waals surface area contributed by atoms with Gasteiger partial charge in [-0.05, 0) is 23.3 Å². The first kappa shape index (κ1) is 14.8. The van der Waals surface area contributed by atoms with E-state index < -0.39 is 6.10 Å². The Morgan fingerprint density at radius 2 is 1.95 bits per heavy atom. The number of hydrogen-bond donors (Lipinski definition) is 1. The zero-order chi connectivity index (χ0) is 15.5. The van der Waals surface area contributed by atoms with Gasteiger partial charge in [0, 0.05) is 17.5 Å². The molecule has 2 aromatic carbocycles. The summed E-state index contributed by atoms with van der Waals surface area (Å²) in [6.07, 6.45) is -0.422. The van der Waals surface area contributed by atoms with E-state index in [2.05, 4.69) is 10.2 Å². The van der Waals surface area contributed by atoms with Crippen LogP contribution in [0.4, 0.5) is 0 Å². The normalized spacial score (nSPS) is 12.3. The van der Waals surface area contributed by atoms with Crippen molar-refractivity contribution in [3.8, 4) is 11.1 Å². The SMILES string of the molecule is Cc1nnc(CC(O)c2cccc(-c3ccccc3Cl)c2)o1. The highest BCUT2D eigenvalue weighted by Crippen LogP contribution is 2.29. The van der Waals surface area contributed by atoms with Crippen LogP contribution in [-0.2, 0) is 6.42 Å². The van der Waals surface area contributed by atoms with Crippen LogP contribution in [0.5, 0.6) is 0 Å². The van der Waals surface area contributed by atoms with Gasteiger partial charge >= 0.3 is 0 Å². The van der Waals surface area contributed by atoms with Crippen LogP contribution < -0.4 is 0 Å². The largest absolute Gasteiger partial charge is 0.425 e. The molecule has 3 rings (SSSR count). The number of halogens is 1. The van der Waals surface area contributed by atoms with Gasteiger partial charge in [-0.3, -0.25) is 0 Å². The molecule has 0 aliphatic heterocycles. The van der Waals surface area contributed by atoms with Crippen LogP contribution in [0.25, 0.3) is 11.1 Å². The molecule has 0 spiro atoms. The maximum Gasteiger partial charge on any atom is 0.219 e. The Balaban J connectivity index is 1.86. The average molecular weight is 315 g/mol. The van der Waals surface area contributed by atoms with E-state index in [1.807, 2.05) is 48.5 Å². The molecule has 0 aliphatic rings. The first-order valence-corrected chi connectivity index (χ1v) is 7.33. The Kier molecular flexibility index (Phi) is 4.22. The van der Waals surface area contributed by atoms with E-state index in [1.165, 1.54) is 0 Å². The van der Waals surface area contributed by atoms with Crippen molar-refractivity contribution < 1.29 is 9.52 Å².